The fourth-order valence-electron chi connectivity index (χ4n) is 5.19. The highest BCUT2D eigenvalue weighted by atomic mass is 16.5. The molecule has 4 aliphatic rings. The van der Waals surface area contributed by atoms with Crippen LogP contribution in [0.3, 0.4) is 0 Å². The molecule has 4 saturated carbocycles. The zero-order valence-corrected chi connectivity index (χ0v) is 12.8. The zero-order chi connectivity index (χ0) is 13.8. The Bertz CT molecular complexity index is 403. The second-order valence-electron chi connectivity index (χ2n) is 7.93. The van der Waals surface area contributed by atoms with E-state index in [1.807, 2.05) is 0 Å². The maximum atomic E-state index is 6.45. The molecule has 4 rings (SSSR count). The van der Waals surface area contributed by atoms with Gasteiger partial charge in [0, 0.05) is 5.92 Å². The molecule has 0 aromatic heterocycles. The van der Waals surface area contributed by atoms with Gasteiger partial charge < -0.3 is 4.74 Å². The van der Waals surface area contributed by atoms with Gasteiger partial charge in [-0.05, 0) is 62.7 Å². The average molecular weight is 260 g/mol. The number of ether oxygens (including phenoxy) is 1. The van der Waals surface area contributed by atoms with Gasteiger partial charge in [0.15, 0.2) is 0 Å². The third-order valence-corrected chi connectivity index (χ3v) is 5.90. The summed E-state index contributed by atoms with van der Waals surface area (Å²) in [6.45, 7) is 15.1. The Kier molecular flexibility index (Phi) is 2.89. The summed E-state index contributed by atoms with van der Waals surface area (Å²) in [7, 11) is 0. The Hall–Kier alpha value is -0.720. The number of allylic oxidation sites excluding steroid dienone is 2. The summed E-state index contributed by atoms with van der Waals surface area (Å²) in [5, 5.41) is 0. The first kappa shape index (κ1) is 13.3. The van der Waals surface area contributed by atoms with Crippen LogP contribution in [0.25, 0.3) is 0 Å². The Balaban J connectivity index is 1.87. The lowest BCUT2D eigenvalue weighted by molar-refractivity contribution is -0.166. The first-order valence-electron chi connectivity index (χ1n) is 7.88. The molecule has 0 amide bonds. The molecule has 0 aromatic carbocycles. The molecule has 1 heteroatoms. The summed E-state index contributed by atoms with van der Waals surface area (Å²) >= 11 is 0. The standard InChI is InChI=1S/C18H28O/c1-12(2)14(5)19-18-9-15-6-16(10-18)8-17(7-15,11-18)13(3)4/h12,15-16H,3,5-11H2,1-2,4H3. The highest BCUT2D eigenvalue weighted by Crippen LogP contribution is 2.65. The van der Waals surface area contributed by atoms with Crippen molar-refractivity contribution in [2.24, 2.45) is 23.2 Å². The molecule has 0 N–H and O–H groups in total. The van der Waals surface area contributed by atoms with Crippen molar-refractivity contribution < 1.29 is 4.74 Å². The van der Waals surface area contributed by atoms with E-state index in [1.165, 1.54) is 44.1 Å². The third kappa shape index (κ3) is 2.06. The first-order valence-corrected chi connectivity index (χ1v) is 7.88. The molecule has 4 aliphatic carbocycles. The van der Waals surface area contributed by atoms with Crippen molar-refractivity contribution in [2.75, 3.05) is 0 Å². The normalized spacial score (nSPS) is 43.6. The zero-order valence-electron chi connectivity index (χ0n) is 12.8. The average Bonchev–Trinajstić information content (AvgIpc) is 2.25. The van der Waals surface area contributed by atoms with Gasteiger partial charge in [0.2, 0.25) is 0 Å². The molecule has 4 bridgehead atoms. The van der Waals surface area contributed by atoms with E-state index in [-0.39, 0.29) is 5.60 Å². The second-order valence-corrected chi connectivity index (χ2v) is 7.93. The topological polar surface area (TPSA) is 9.23 Å². The molecule has 1 nitrogen and oxygen atoms in total. The highest BCUT2D eigenvalue weighted by Gasteiger charge is 2.59. The van der Waals surface area contributed by atoms with Gasteiger partial charge in [-0.2, -0.15) is 0 Å². The van der Waals surface area contributed by atoms with Gasteiger partial charge in [0.25, 0.3) is 0 Å². The van der Waals surface area contributed by atoms with Crippen LogP contribution < -0.4 is 0 Å². The van der Waals surface area contributed by atoms with Crippen LogP contribution in [0, 0.1) is 23.2 Å². The van der Waals surface area contributed by atoms with Gasteiger partial charge in [-0.25, -0.2) is 0 Å². The summed E-state index contributed by atoms with van der Waals surface area (Å²) in [6.07, 6.45) is 7.84. The molecule has 0 heterocycles. The second kappa shape index (κ2) is 4.14. The monoisotopic (exact) mass is 260 g/mol. The van der Waals surface area contributed by atoms with Crippen molar-refractivity contribution in [1.29, 1.82) is 0 Å². The lowest BCUT2D eigenvalue weighted by Crippen LogP contribution is -2.57. The Morgan fingerprint density at radius 3 is 2.16 bits per heavy atom. The lowest BCUT2D eigenvalue weighted by atomic mass is 9.46. The summed E-state index contributed by atoms with van der Waals surface area (Å²) in [5.41, 5.74) is 1.86. The molecule has 2 atom stereocenters. The molecular formula is C18H28O. The fourth-order valence-corrected chi connectivity index (χ4v) is 5.19. The molecule has 19 heavy (non-hydrogen) atoms. The van der Waals surface area contributed by atoms with E-state index in [0.717, 1.165) is 17.6 Å². The largest absolute Gasteiger partial charge is 0.492 e. The molecule has 2 unspecified atom stereocenters. The van der Waals surface area contributed by atoms with Crippen LogP contribution in [0.1, 0.15) is 59.3 Å². The van der Waals surface area contributed by atoms with E-state index in [0.29, 0.717) is 11.3 Å². The van der Waals surface area contributed by atoms with E-state index in [2.05, 4.69) is 33.9 Å². The van der Waals surface area contributed by atoms with Crippen LogP contribution in [-0.4, -0.2) is 5.60 Å². The molecule has 0 aliphatic heterocycles. The van der Waals surface area contributed by atoms with E-state index < -0.39 is 0 Å². The molecule has 4 fully saturated rings. The Morgan fingerprint density at radius 1 is 1.11 bits per heavy atom. The van der Waals surface area contributed by atoms with Gasteiger partial charge in [-0.1, -0.05) is 32.6 Å². The minimum atomic E-state index is 0.0877. The van der Waals surface area contributed by atoms with Gasteiger partial charge in [0.05, 0.1) is 5.76 Å². The quantitative estimate of drug-likeness (QED) is 0.505. The Labute approximate surface area is 118 Å². The summed E-state index contributed by atoms with van der Waals surface area (Å²) in [6, 6.07) is 0. The fraction of sp³-hybridized carbons (Fsp3) is 0.778. The predicted molar refractivity (Wildman–Crippen MR) is 79.7 cm³/mol. The van der Waals surface area contributed by atoms with Crippen LogP contribution in [0.4, 0.5) is 0 Å². The van der Waals surface area contributed by atoms with Gasteiger partial charge in [-0.3, -0.25) is 0 Å². The maximum absolute atomic E-state index is 6.45. The van der Waals surface area contributed by atoms with Crippen LogP contribution in [0.2, 0.25) is 0 Å². The van der Waals surface area contributed by atoms with Crippen LogP contribution in [0.15, 0.2) is 24.5 Å². The lowest BCUT2D eigenvalue weighted by Gasteiger charge is -2.62. The van der Waals surface area contributed by atoms with Gasteiger partial charge >= 0.3 is 0 Å². The molecule has 0 aromatic rings. The van der Waals surface area contributed by atoms with Crippen molar-refractivity contribution in [3.05, 3.63) is 24.5 Å². The molecule has 106 valence electrons. The molecular weight excluding hydrogens is 232 g/mol. The van der Waals surface area contributed by atoms with Gasteiger partial charge in [-0.15, -0.1) is 0 Å². The smallest absolute Gasteiger partial charge is 0.110 e. The van der Waals surface area contributed by atoms with E-state index >= 15 is 0 Å². The van der Waals surface area contributed by atoms with Crippen molar-refractivity contribution in [2.45, 2.75) is 64.9 Å². The van der Waals surface area contributed by atoms with Crippen molar-refractivity contribution in [1.82, 2.24) is 0 Å². The van der Waals surface area contributed by atoms with Crippen molar-refractivity contribution >= 4 is 0 Å². The minimum Gasteiger partial charge on any atom is -0.492 e. The molecule has 0 saturated heterocycles. The number of hydrogen-bond acceptors (Lipinski definition) is 1. The van der Waals surface area contributed by atoms with Crippen LogP contribution in [0.5, 0.6) is 0 Å². The van der Waals surface area contributed by atoms with Gasteiger partial charge in [0.1, 0.15) is 5.60 Å². The SMILES string of the molecule is C=C(OC12CC3CC(C1)CC(C(=C)C)(C3)C2)C(C)C. The van der Waals surface area contributed by atoms with Crippen LogP contribution >= 0.6 is 0 Å². The third-order valence-electron chi connectivity index (χ3n) is 5.90. The van der Waals surface area contributed by atoms with Crippen molar-refractivity contribution in [3.63, 3.8) is 0 Å². The highest BCUT2D eigenvalue weighted by molar-refractivity contribution is 5.20. The van der Waals surface area contributed by atoms with E-state index in [1.54, 1.807) is 0 Å². The van der Waals surface area contributed by atoms with Crippen LogP contribution in [-0.2, 0) is 4.74 Å². The van der Waals surface area contributed by atoms with Crippen molar-refractivity contribution in [3.8, 4) is 0 Å². The summed E-state index contributed by atoms with van der Waals surface area (Å²) < 4.78 is 6.45. The van der Waals surface area contributed by atoms with E-state index in [4.69, 9.17) is 4.74 Å². The minimum absolute atomic E-state index is 0.0877. The Morgan fingerprint density at radius 2 is 1.68 bits per heavy atom. The number of hydrogen-bond donors (Lipinski definition) is 0. The molecule has 0 radical (unpaired) electrons. The van der Waals surface area contributed by atoms with E-state index in [9.17, 15) is 0 Å². The summed E-state index contributed by atoms with van der Waals surface area (Å²) in [4.78, 5) is 0. The predicted octanol–water partition coefficient (Wildman–Crippen LogP) is 5.09. The summed E-state index contributed by atoms with van der Waals surface area (Å²) in [5.74, 6) is 3.13. The first-order chi connectivity index (χ1) is 8.84. The molecule has 0 spiro atoms. The number of rotatable bonds is 4. The maximum Gasteiger partial charge on any atom is 0.110 e.